The summed E-state index contributed by atoms with van der Waals surface area (Å²) in [6.07, 6.45) is 1.67. The zero-order chi connectivity index (χ0) is 16.8. The van der Waals surface area contributed by atoms with E-state index in [0.29, 0.717) is 26.9 Å². The number of nitrogens with two attached hydrogens (primary N) is 1. The largest absolute Gasteiger partial charge is 0.484 e. The molecule has 4 nitrogen and oxygen atoms in total. The first-order chi connectivity index (χ1) is 11.0. The van der Waals surface area contributed by atoms with Gasteiger partial charge in [-0.25, -0.2) is 0 Å². The topological polar surface area (TPSA) is 76.1 Å². The van der Waals surface area contributed by atoms with Gasteiger partial charge in [0.1, 0.15) is 5.75 Å². The first-order valence-corrected chi connectivity index (χ1v) is 7.33. The number of carbonyl (C=O) groups excluding carboxylic acids is 1. The lowest BCUT2D eigenvalue weighted by molar-refractivity contribution is -0.119. The number of benzene rings is 2. The lowest BCUT2D eigenvalue weighted by atomic mass is 10.0. The zero-order valence-corrected chi connectivity index (χ0v) is 13.4. The molecule has 6 heteroatoms. The summed E-state index contributed by atoms with van der Waals surface area (Å²) < 4.78 is 5.24. The normalized spacial score (nSPS) is 10.9. The van der Waals surface area contributed by atoms with Crippen LogP contribution in [0.15, 0.2) is 42.5 Å². The van der Waals surface area contributed by atoms with Crippen LogP contribution in [0.1, 0.15) is 11.1 Å². The standard InChI is InChI=1S/C17H12Cl2N2O2/c18-13-4-5-15(16(19)8-13)12(9-20)6-11-2-1-3-14(7-11)23-10-17(21)22/h1-8H,10H2,(H2,21,22)/b12-6+. The highest BCUT2D eigenvalue weighted by Crippen LogP contribution is 2.28. The fraction of sp³-hybridized carbons (Fsp3) is 0.0588. The summed E-state index contributed by atoms with van der Waals surface area (Å²) in [7, 11) is 0. The quantitative estimate of drug-likeness (QED) is 0.658. The SMILES string of the molecule is N#C/C(=C\c1cccc(OCC(N)=O)c1)c1ccc(Cl)cc1Cl. The number of halogens is 2. The second kappa shape index (κ2) is 7.68. The van der Waals surface area contributed by atoms with Gasteiger partial charge in [-0.15, -0.1) is 0 Å². The Labute approximate surface area is 143 Å². The van der Waals surface area contributed by atoms with Crippen molar-refractivity contribution < 1.29 is 9.53 Å². The van der Waals surface area contributed by atoms with Crippen LogP contribution in [0.4, 0.5) is 0 Å². The molecule has 23 heavy (non-hydrogen) atoms. The fourth-order valence-corrected chi connectivity index (χ4v) is 2.40. The van der Waals surface area contributed by atoms with Gasteiger partial charge >= 0.3 is 0 Å². The van der Waals surface area contributed by atoms with Gasteiger partial charge in [-0.3, -0.25) is 4.79 Å². The van der Waals surface area contributed by atoms with Gasteiger partial charge < -0.3 is 10.5 Å². The average molecular weight is 347 g/mol. The maximum atomic E-state index is 10.7. The predicted octanol–water partition coefficient (Wildman–Crippen LogP) is 3.92. The summed E-state index contributed by atoms with van der Waals surface area (Å²) in [5.74, 6) is -0.0753. The lowest BCUT2D eigenvalue weighted by Gasteiger charge is -2.06. The fourth-order valence-electron chi connectivity index (χ4n) is 1.89. The maximum Gasteiger partial charge on any atom is 0.255 e. The van der Waals surface area contributed by atoms with Crippen LogP contribution < -0.4 is 10.5 Å². The Morgan fingerprint density at radius 3 is 2.70 bits per heavy atom. The van der Waals surface area contributed by atoms with Crippen LogP contribution in [0.3, 0.4) is 0 Å². The summed E-state index contributed by atoms with van der Waals surface area (Å²) >= 11 is 12.0. The number of nitrogens with zero attached hydrogens (tertiary/aromatic N) is 1. The number of carbonyl (C=O) groups is 1. The molecule has 116 valence electrons. The zero-order valence-electron chi connectivity index (χ0n) is 11.9. The van der Waals surface area contributed by atoms with Gasteiger partial charge in [0, 0.05) is 10.6 Å². The van der Waals surface area contributed by atoms with Gasteiger partial charge in [0.2, 0.25) is 0 Å². The minimum absolute atomic E-state index is 0.207. The van der Waals surface area contributed by atoms with Gasteiger partial charge in [-0.1, -0.05) is 41.4 Å². The molecular formula is C17H12Cl2N2O2. The molecule has 0 radical (unpaired) electrons. The van der Waals surface area contributed by atoms with Crippen molar-refractivity contribution in [3.8, 4) is 11.8 Å². The molecule has 0 heterocycles. The van der Waals surface area contributed by atoms with Crippen LogP contribution in [-0.2, 0) is 4.79 Å². The van der Waals surface area contributed by atoms with Crippen LogP contribution in [0.5, 0.6) is 5.75 Å². The molecule has 2 aromatic carbocycles. The Kier molecular flexibility index (Phi) is 5.64. The van der Waals surface area contributed by atoms with Crippen molar-refractivity contribution in [3.05, 3.63) is 63.6 Å². The van der Waals surface area contributed by atoms with Crippen molar-refractivity contribution in [2.75, 3.05) is 6.61 Å². The monoisotopic (exact) mass is 346 g/mol. The van der Waals surface area contributed by atoms with Gasteiger partial charge in [-0.2, -0.15) is 5.26 Å². The van der Waals surface area contributed by atoms with Gasteiger partial charge in [0.05, 0.1) is 16.7 Å². The van der Waals surface area contributed by atoms with Gasteiger partial charge in [-0.05, 0) is 35.9 Å². The Morgan fingerprint density at radius 1 is 1.26 bits per heavy atom. The number of amides is 1. The third kappa shape index (κ3) is 4.75. The molecule has 0 fully saturated rings. The first kappa shape index (κ1) is 16.9. The number of hydrogen-bond acceptors (Lipinski definition) is 3. The molecule has 2 rings (SSSR count). The molecular weight excluding hydrogens is 335 g/mol. The number of ether oxygens (including phenoxy) is 1. The molecule has 0 atom stereocenters. The van der Waals surface area contributed by atoms with Crippen LogP contribution in [0, 0.1) is 11.3 Å². The molecule has 0 unspecified atom stereocenters. The van der Waals surface area contributed by atoms with Crippen molar-refractivity contribution in [3.63, 3.8) is 0 Å². The second-order valence-electron chi connectivity index (χ2n) is 4.62. The van der Waals surface area contributed by atoms with Crippen molar-refractivity contribution in [1.82, 2.24) is 0 Å². The third-order valence-electron chi connectivity index (χ3n) is 2.89. The average Bonchev–Trinajstić information content (AvgIpc) is 2.51. The molecule has 0 saturated carbocycles. The van der Waals surface area contributed by atoms with Gasteiger partial charge in [0.25, 0.3) is 5.91 Å². The predicted molar refractivity (Wildman–Crippen MR) is 91.1 cm³/mol. The molecule has 0 aliphatic rings. The van der Waals surface area contributed by atoms with E-state index in [-0.39, 0.29) is 6.61 Å². The molecule has 0 spiro atoms. The highest BCUT2D eigenvalue weighted by molar-refractivity contribution is 6.36. The first-order valence-electron chi connectivity index (χ1n) is 6.58. The van der Waals surface area contributed by atoms with E-state index in [9.17, 15) is 10.1 Å². The van der Waals surface area contributed by atoms with Crippen LogP contribution in [0.2, 0.25) is 10.0 Å². The molecule has 0 aromatic heterocycles. The van der Waals surface area contributed by atoms with E-state index in [1.54, 1.807) is 48.5 Å². The summed E-state index contributed by atoms with van der Waals surface area (Å²) in [4.78, 5) is 10.7. The molecule has 0 aliphatic carbocycles. The van der Waals surface area contributed by atoms with Gasteiger partial charge in [0.15, 0.2) is 6.61 Å². The minimum Gasteiger partial charge on any atom is -0.484 e. The Hall–Kier alpha value is -2.48. The number of primary amides is 1. The number of hydrogen-bond donors (Lipinski definition) is 1. The minimum atomic E-state index is -0.559. The second-order valence-corrected chi connectivity index (χ2v) is 5.47. The summed E-state index contributed by atoms with van der Waals surface area (Å²) in [5.41, 5.74) is 6.75. The van der Waals surface area contributed by atoms with Crippen molar-refractivity contribution in [2.24, 2.45) is 5.73 Å². The lowest BCUT2D eigenvalue weighted by Crippen LogP contribution is -2.19. The van der Waals surface area contributed by atoms with E-state index < -0.39 is 5.91 Å². The molecule has 0 saturated heterocycles. The van der Waals surface area contributed by atoms with Crippen molar-refractivity contribution in [1.29, 1.82) is 5.26 Å². The van der Waals surface area contributed by atoms with Crippen LogP contribution in [0.25, 0.3) is 11.6 Å². The highest BCUT2D eigenvalue weighted by atomic mass is 35.5. The van der Waals surface area contributed by atoms with E-state index in [0.717, 1.165) is 5.56 Å². The Morgan fingerprint density at radius 2 is 2.04 bits per heavy atom. The molecule has 1 amide bonds. The Bertz CT molecular complexity index is 810. The van der Waals surface area contributed by atoms with E-state index in [2.05, 4.69) is 6.07 Å². The molecule has 0 bridgehead atoms. The summed E-state index contributed by atoms with van der Waals surface area (Å²) in [6.45, 7) is -0.207. The van der Waals surface area contributed by atoms with E-state index in [1.807, 2.05) is 0 Å². The van der Waals surface area contributed by atoms with E-state index in [1.165, 1.54) is 0 Å². The third-order valence-corrected chi connectivity index (χ3v) is 3.44. The molecule has 2 aromatic rings. The van der Waals surface area contributed by atoms with Crippen molar-refractivity contribution >= 4 is 40.8 Å². The maximum absolute atomic E-state index is 10.7. The molecule has 0 aliphatic heterocycles. The van der Waals surface area contributed by atoms with Crippen LogP contribution >= 0.6 is 23.2 Å². The number of rotatable bonds is 5. The highest BCUT2D eigenvalue weighted by Gasteiger charge is 2.07. The van der Waals surface area contributed by atoms with E-state index >= 15 is 0 Å². The summed E-state index contributed by atoms with van der Waals surface area (Å²) in [5, 5.41) is 10.3. The Balaban J connectivity index is 2.33. The smallest absolute Gasteiger partial charge is 0.255 e. The number of allylic oxidation sites excluding steroid dienone is 1. The van der Waals surface area contributed by atoms with E-state index in [4.69, 9.17) is 33.7 Å². The summed E-state index contributed by atoms with van der Waals surface area (Å²) in [6, 6.07) is 14.0. The van der Waals surface area contributed by atoms with Crippen LogP contribution in [-0.4, -0.2) is 12.5 Å². The van der Waals surface area contributed by atoms with Crippen molar-refractivity contribution in [2.45, 2.75) is 0 Å². The molecule has 2 N–H and O–H groups in total. The number of nitriles is 1.